The van der Waals surface area contributed by atoms with Gasteiger partial charge in [-0.2, -0.15) is 0 Å². The molecule has 0 saturated carbocycles. The molecule has 5 rings (SSSR count). The standard InChI is InChI=1S/C26H26N2O7/c1-3-27-18-8-5-4-7-17(18)26(25(27)32)21(23(30)24(31)28(26)11-6-12-33-2)22(29)16-9-10-19-20(15-16)35-14-13-34-19/h4-5,7-10,15,29H,3,6,11-14H2,1-2H3/b22-21+. The van der Waals surface area contributed by atoms with Crippen molar-refractivity contribution in [2.75, 3.05) is 44.9 Å². The number of amides is 2. The fraction of sp³-hybridized carbons (Fsp3) is 0.346. The number of rotatable bonds is 6. The van der Waals surface area contributed by atoms with Crippen LogP contribution in [0.2, 0.25) is 0 Å². The van der Waals surface area contributed by atoms with Crippen LogP contribution in [0.4, 0.5) is 5.69 Å². The van der Waals surface area contributed by atoms with Gasteiger partial charge < -0.3 is 29.1 Å². The van der Waals surface area contributed by atoms with Crippen molar-refractivity contribution < 1.29 is 33.7 Å². The number of anilines is 1. The lowest BCUT2D eigenvalue weighted by atomic mass is 9.81. The van der Waals surface area contributed by atoms with Crippen LogP contribution in [0, 0.1) is 0 Å². The molecule has 1 fully saturated rings. The van der Waals surface area contributed by atoms with Crippen LogP contribution in [-0.2, 0) is 24.7 Å². The normalized spacial score (nSPS) is 22.3. The number of likely N-dealkylation sites (N-methyl/N-ethyl adjacent to an activating group) is 1. The van der Waals surface area contributed by atoms with Crippen LogP contribution in [0.15, 0.2) is 48.0 Å². The summed E-state index contributed by atoms with van der Waals surface area (Å²) in [7, 11) is 1.54. The molecule has 1 N–H and O–H groups in total. The monoisotopic (exact) mass is 478 g/mol. The van der Waals surface area contributed by atoms with Crippen LogP contribution in [0.25, 0.3) is 5.76 Å². The molecule has 9 nitrogen and oxygen atoms in total. The average molecular weight is 479 g/mol. The SMILES string of the molecule is CCN1C(=O)C2(/C(=C(/O)c3ccc4c(c3)OCCO4)C(=O)C(=O)N2CCCOC)c2ccccc21. The maximum Gasteiger partial charge on any atom is 0.296 e. The van der Waals surface area contributed by atoms with Crippen molar-refractivity contribution in [2.24, 2.45) is 0 Å². The summed E-state index contributed by atoms with van der Waals surface area (Å²) in [6, 6.07) is 11.8. The number of methoxy groups -OCH3 is 1. The highest BCUT2D eigenvalue weighted by molar-refractivity contribution is 6.50. The topological polar surface area (TPSA) is 106 Å². The van der Waals surface area contributed by atoms with E-state index in [-0.39, 0.29) is 17.7 Å². The Bertz CT molecular complexity index is 1250. The molecule has 2 amide bonds. The molecule has 35 heavy (non-hydrogen) atoms. The zero-order chi connectivity index (χ0) is 24.7. The molecule has 2 aromatic carbocycles. The Hall–Kier alpha value is -3.85. The third-order valence-corrected chi connectivity index (χ3v) is 6.67. The Morgan fingerprint density at radius 1 is 1.09 bits per heavy atom. The van der Waals surface area contributed by atoms with Gasteiger partial charge in [-0.15, -0.1) is 0 Å². The van der Waals surface area contributed by atoms with Crippen LogP contribution in [0.5, 0.6) is 11.5 Å². The minimum Gasteiger partial charge on any atom is -0.507 e. The van der Waals surface area contributed by atoms with E-state index in [4.69, 9.17) is 14.2 Å². The number of ketones is 1. The van der Waals surface area contributed by atoms with E-state index in [9.17, 15) is 19.5 Å². The van der Waals surface area contributed by atoms with Crippen LogP contribution in [-0.4, -0.2) is 67.6 Å². The molecular weight excluding hydrogens is 452 g/mol. The highest BCUT2D eigenvalue weighted by Crippen LogP contribution is 2.53. The van der Waals surface area contributed by atoms with Gasteiger partial charge >= 0.3 is 0 Å². The number of carbonyl (C=O) groups is 3. The van der Waals surface area contributed by atoms with E-state index >= 15 is 0 Å². The maximum absolute atomic E-state index is 14.1. The van der Waals surface area contributed by atoms with E-state index in [1.54, 1.807) is 54.5 Å². The third-order valence-electron chi connectivity index (χ3n) is 6.67. The van der Waals surface area contributed by atoms with Crippen LogP contribution in [0.3, 0.4) is 0 Å². The highest BCUT2D eigenvalue weighted by Gasteiger charge is 2.66. The lowest BCUT2D eigenvalue weighted by Crippen LogP contribution is -2.52. The van der Waals surface area contributed by atoms with Crippen molar-refractivity contribution in [1.82, 2.24) is 4.90 Å². The number of benzene rings is 2. The first-order chi connectivity index (χ1) is 17.0. The van der Waals surface area contributed by atoms with Gasteiger partial charge in [-0.1, -0.05) is 18.2 Å². The predicted octanol–water partition coefficient (Wildman–Crippen LogP) is 2.44. The van der Waals surface area contributed by atoms with Gasteiger partial charge in [0, 0.05) is 37.9 Å². The number of fused-ring (bicyclic) bond motifs is 3. The quantitative estimate of drug-likeness (QED) is 0.294. The van der Waals surface area contributed by atoms with Gasteiger partial charge in [0.05, 0.1) is 11.3 Å². The molecule has 1 atom stereocenters. The highest BCUT2D eigenvalue weighted by atomic mass is 16.6. The molecule has 3 aliphatic rings. The molecule has 182 valence electrons. The average Bonchev–Trinajstić information content (AvgIpc) is 3.26. The predicted molar refractivity (Wildman–Crippen MR) is 126 cm³/mol. The smallest absolute Gasteiger partial charge is 0.296 e. The summed E-state index contributed by atoms with van der Waals surface area (Å²) in [6.45, 7) is 3.36. The second kappa shape index (κ2) is 8.74. The summed E-state index contributed by atoms with van der Waals surface area (Å²) >= 11 is 0. The third kappa shape index (κ3) is 3.22. The summed E-state index contributed by atoms with van der Waals surface area (Å²) in [5.41, 5.74) is -0.672. The zero-order valence-electron chi connectivity index (χ0n) is 19.6. The van der Waals surface area contributed by atoms with Gasteiger partial charge in [0.1, 0.15) is 19.0 Å². The number of aliphatic hydroxyl groups is 1. The first-order valence-electron chi connectivity index (χ1n) is 11.6. The molecule has 0 bridgehead atoms. The zero-order valence-corrected chi connectivity index (χ0v) is 19.6. The fourth-order valence-corrected chi connectivity index (χ4v) is 5.18. The van der Waals surface area contributed by atoms with Crippen LogP contribution < -0.4 is 14.4 Å². The molecule has 2 aromatic rings. The summed E-state index contributed by atoms with van der Waals surface area (Å²) in [5, 5.41) is 11.5. The van der Waals surface area contributed by atoms with Gasteiger partial charge in [0.15, 0.2) is 17.0 Å². The van der Waals surface area contributed by atoms with E-state index in [2.05, 4.69) is 0 Å². The molecule has 0 radical (unpaired) electrons. The molecule has 0 aromatic heterocycles. The maximum atomic E-state index is 14.1. The second-order valence-corrected chi connectivity index (χ2v) is 8.49. The molecule has 1 saturated heterocycles. The van der Waals surface area contributed by atoms with E-state index in [0.29, 0.717) is 55.5 Å². The molecule has 3 aliphatic heterocycles. The summed E-state index contributed by atoms with van der Waals surface area (Å²) in [6.07, 6.45) is 0.414. The van der Waals surface area contributed by atoms with Crippen molar-refractivity contribution >= 4 is 29.0 Å². The van der Waals surface area contributed by atoms with Crippen molar-refractivity contribution in [1.29, 1.82) is 0 Å². The molecule has 1 spiro atoms. The van der Waals surface area contributed by atoms with Gasteiger partial charge in [-0.05, 0) is 37.6 Å². The Kier molecular flexibility index (Phi) is 5.72. The van der Waals surface area contributed by atoms with E-state index in [1.807, 2.05) is 6.92 Å². The van der Waals surface area contributed by atoms with Gasteiger partial charge in [0.2, 0.25) is 0 Å². The number of carbonyl (C=O) groups excluding carboxylic acids is 3. The fourth-order valence-electron chi connectivity index (χ4n) is 5.18. The first-order valence-corrected chi connectivity index (χ1v) is 11.6. The second-order valence-electron chi connectivity index (χ2n) is 8.49. The minimum atomic E-state index is -1.77. The largest absolute Gasteiger partial charge is 0.507 e. The Balaban J connectivity index is 1.76. The van der Waals surface area contributed by atoms with Gasteiger partial charge in [-0.3, -0.25) is 14.4 Å². The molecule has 9 heteroatoms. The summed E-state index contributed by atoms with van der Waals surface area (Å²) < 4.78 is 16.3. The van der Waals surface area contributed by atoms with Gasteiger partial charge in [0.25, 0.3) is 17.6 Å². The molecule has 3 heterocycles. The number of para-hydroxylation sites is 1. The van der Waals surface area contributed by atoms with Crippen molar-refractivity contribution in [3.63, 3.8) is 0 Å². The number of ether oxygens (including phenoxy) is 3. The first kappa shape index (κ1) is 22.9. The van der Waals surface area contributed by atoms with Crippen LogP contribution in [0.1, 0.15) is 24.5 Å². The summed E-state index contributed by atoms with van der Waals surface area (Å²) in [4.78, 5) is 43.8. The Morgan fingerprint density at radius 2 is 1.83 bits per heavy atom. The van der Waals surface area contributed by atoms with E-state index in [1.165, 1.54) is 4.90 Å². The minimum absolute atomic E-state index is 0.105. The van der Waals surface area contributed by atoms with Crippen LogP contribution >= 0.6 is 0 Å². The van der Waals surface area contributed by atoms with Crippen molar-refractivity contribution in [2.45, 2.75) is 18.9 Å². The Morgan fingerprint density at radius 3 is 2.57 bits per heavy atom. The number of hydrogen-bond donors (Lipinski definition) is 1. The van der Waals surface area contributed by atoms with Gasteiger partial charge in [-0.25, -0.2) is 0 Å². The van der Waals surface area contributed by atoms with E-state index in [0.717, 1.165) is 0 Å². The lowest BCUT2D eigenvalue weighted by molar-refractivity contribution is -0.143. The van der Waals surface area contributed by atoms with Crippen molar-refractivity contribution in [3.05, 3.63) is 59.2 Å². The number of likely N-dealkylation sites (tertiary alicyclic amines) is 1. The van der Waals surface area contributed by atoms with Crippen molar-refractivity contribution in [3.8, 4) is 11.5 Å². The number of nitrogens with zero attached hydrogens (tertiary/aromatic N) is 2. The van der Waals surface area contributed by atoms with E-state index < -0.39 is 28.9 Å². The number of hydrogen-bond acceptors (Lipinski definition) is 7. The molecule has 0 aliphatic carbocycles. The lowest BCUT2D eigenvalue weighted by Gasteiger charge is -2.34. The Labute approximate surface area is 202 Å². The number of aliphatic hydroxyl groups excluding tert-OH is 1. The number of Topliss-reactive ketones (excluding diaryl/α,β-unsaturated/α-hetero) is 1. The molecule has 1 unspecified atom stereocenters. The summed E-state index contributed by atoms with van der Waals surface area (Å²) in [5.74, 6) is -1.69. The molecular formula is C26H26N2O7.